The summed E-state index contributed by atoms with van der Waals surface area (Å²) in [4.78, 5) is 0. The molecule has 16 heavy (non-hydrogen) atoms. The summed E-state index contributed by atoms with van der Waals surface area (Å²) in [6.07, 6.45) is 2.18. The molecule has 2 N–H and O–H groups in total. The van der Waals surface area contributed by atoms with Crippen LogP contribution >= 0.6 is 11.6 Å². The minimum Gasteiger partial charge on any atom is -0.385 e. The van der Waals surface area contributed by atoms with Crippen LogP contribution < -0.4 is 10.6 Å². The third kappa shape index (κ3) is 2.80. The Morgan fingerprint density at radius 1 is 1.44 bits per heavy atom. The lowest BCUT2D eigenvalue weighted by Gasteiger charge is -2.28. The van der Waals surface area contributed by atoms with Crippen LogP contribution in [0.2, 0.25) is 5.02 Å². The lowest BCUT2D eigenvalue weighted by Crippen LogP contribution is -2.33. The van der Waals surface area contributed by atoms with E-state index >= 15 is 0 Å². The predicted molar refractivity (Wildman–Crippen MR) is 68.5 cm³/mol. The molecule has 1 aromatic carbocycles. The van der Waals surface area contributed by atoms with Crippen LogP contribution in [0.25, 0.3) is 0 Å². The Labute approximate surface area is 101 Å². The number of halogens is 1. The Balaban J connectivity index is 1.94. The van der Waals surface area contributed by atoms with Gasteiger partial charge in [0.1, 0.15) is 0 Å². The van der Waals surface area contributed by atoms with Gasteiger partial charge < -0.3 is 15.4 Å². The van der Waals surface area contributed by atoms with Gasteiger partial charge in [-0.05, 0) is 31.0 Å². The average Bonchev–Trinajstić information content (AvgIpc) is 2.29. The van der Waals surface area contributed by atoms with Crippen molar-refractivity contribution >= 4 is 23.0 Å². The highest BCUT2D eigenvalue weighted by molar-refractivity contribution is 6.31. The fourth-order valence-corrected chi connectivity index (χ4v) is 2.11. The lowest BCUT2D eigenvalue weighted by molar-refractivity contribution is 0.191. The van der Waals surface area contributed by atoms with Gasteiger partial charge in [-0.15, -0.1) is 0 Å². The zero-order valence-corrected chi connectivity index (χ0v) is 10.2. The predicted octanol–water partition coefficient (Wildman–Crippen LogP) is 2.97. The molecule has 88 valence electrons. The molecule has 0 fully saturated rings. The van der Waals surface area contributed by atoms with Crippen LogP contribution in [0.5, 0.6) is 0 Å². The van der Waals surface area contributed by atoms with Crippen molar-refractivity contribution in [3.8, 4) is 0 Å². The number of methoxy groups -OCH3 is 1. The average molecular weight is 241 g/mol. The Morgan fingerprint density at radius 3 is 3.12 bits per heavy atom. The van der Waals surface area contributed by atoms with Crippen molar-refractivity contribution in [1.82, 2.24) is 0 Å². The van der Waals surface area contributed by atoms with E-state index in [0.29, 0.717) is 6.04 Å². The molecule has 1 aliphatic heterocycles. The third-order valence-electron chi connectivity index (χ3n) is 2.78. The van der Waals surface area contributed by atoms with Gasteiger partial charge in [-0.25, -0.2) is 0 Å². The second-order valence-electron chi connectivity index (χ2n) is 4.05. The van der Waals surface area contributed by atoms with Gasteiger partial charge in [-0.1, -0.05) is 11.6 Å². The number of hydrogen-bond donors (Lipinski definition) is 2. The molecule has 2 rings (SSSR count). The van der Waals surface area contributed by atoms with Gasteiger partial charge in [0, 0.05) is 31.3 Å². The van der Waals surface area contributed by atoms with Crippen molar-refractivity contribution in [3.63, 3.8) is 0 Å². The van der Waals surface area contributed by atoms with E-state index in [1.807, 2.05) is 18.2 Å². The van der Waals surface area contributed by atoms with E-state index in [1.165, 1.54) is 0 Å². The zero-order chi connectivity index (χ0) is 11.4. The smallest absolute Gasteiger partial charge is 0.0593 e. The molecule has 0 saturated carbocycles. The van der Waals surface area contributed by atoms with Crippen molar-refractivity contribution in [2.24, 2.45) is 0 Å². The molecule has 0 aliphatic carbocycles. The lowest BCUT2D eigenvalue weighted by atomic mass is 10.1. The summed E-state index contributed by atoms with van der Waals surface area (Å²) in [5, 5.41) is 7.67. The van der Waals surface area contributed by atoms with Crippen molar-refractivity contribution in [2.75, 3.05) is 30.9 Å². The van der Waals surface area contributed by atoms with Gasteiger partial charge in [0.2, 0.25) is 0 Å². The van der Waals surface area contributed by atoms with E-state index in [2.05, 4.69) is 10.6 Å². The number of ether oxygens (including phenoxy) is 1. The van der Waals surface area contributed by atoms with Gasteiger partial charge in [-0.2, -0.15) is 0 Å². The molecule has 4 heteroatoms. The maximum Gasteiger partial charge on any atom is 0.0593 e. The third-order valence-corrected chi connectivity index (χ3v) is 3.02. The molecular weight excluding hydrogens is 224 g/mol. The molecule has 0 bridgehead atoms. The summed E-state index contributed by atoms with van der Waals surface area (Å²) in [5.41, 5.74) is 2.23. The number of nitrogens with one attached hydrogen (secondary N) is 2. The fraction of sp³-hybridized carbons (Fsp3) is 0.500. The second-order valence-corrected chi connectivity index (χ2v) is 4.48. The maximum atomic E-state index is 5.96. The van der Waals surface area contributed by atoms with E-state index in [-0.39, 0.29) is 0 Å². The summed E-state index contributed by atoms with van der Waals surface area (Å²) in [5.74, 6) is 0. The van der Waals surface area contributed by atoms with Crippen LogP contribution in [-0.4, -0.2) is 26.3 Å². The Morgan fingerprint density at radius 2 is 2.31 bits per heavy atom. The molecule has 0 radical (unpaired) electrons. The highest BCUT2D eigenvalue weighted by atomic mass is 35.5. The van der Waals surface area contributed by atoms with E-state index < -0.39 is 0 Å². The number of hydrogen-bond acceptors (Lipinski definition) is 3. The van der Waals surface area contributed by atoms with E-state index in [4.69, 9.17) is 16.3 Å². The monoisotopic (exact) mass is 240 g/mol. The minimum atomic E-state index is 0.459. The molecule has 1 unspecified atom stereocenters. The molecule has 0 amide bonds. The molecule has 1 aromatic rings. The van der Waals surface area contributed by atoms with Gasteiger partial charge in [0.25, 0.3) is 0 Å². The van der Waals surface area contributed by atoms with Gasteiger partial charge in [-0.3, -0.25) is 0 Å². The van der Waals surface area contributed by atoms with E-state index in [9.17, 15) is 0 Å². The quantitative estimate of drug-likeness (QED) is 0.794. The Hall–Kier alpha value is -0.930. The SMILES string of the molecule is COCCCC1CNc2ccc(Cl)cc2N1. The molecule has 1 heterocycles. The number of rotatable bonds is 4. The Kier molecular flexibility index (Phi) is 3.91. The van der Waals surface area contributed by atoms with Crippen LogP contribution in [0.4, 0.5) is 11.4 Å². The van der Waals surface area contributed by atoms with Crippen molar-refractivity contribution in [2.45, 2.75) is 18.9 Å². The van der Waals surface area contributed by atoms with Gasteiger partial charge in [0.15, 0.2) is 0 Å². The second kappa shape index (κ2) is 5.41. The molecule has 0 spiro atoms. The minimum absolute atomic E-state index is 0.459. The molecule has 3 nitrogen and oxygen atoms in total. The number of benzene rings is 1. The normalized spacial score (nSPS) is 18.5. The Bertz CT molecular complexity index is 357. The van der Waals surface area contributed by atoms with Crippen molar-refractivity contribution < 1.29 is 4.74 Å². The topological polar surface area (TPSA) is 33.3 Å². The molecule has 0 saturated heterocycles. The van der Waals surface area contributed by atoms with Crippen LogP contribution in [0.15, 0.2) is 18.2 Å². The van der Waals surface area contributed by atoms with Crippen molar-refractivity contribution in [1.29, 1.82) is 0 Å². The molecular formula is C12H17ClN2O. The van der Waals surface area contributed by atoms with Crippen LogP contribution in [-0.2, 0) is 4.74 Å². The van der Waals surface area contributed by atoms with Gasteiger partial charge in [0.05, 0.1) is 11.4 Å². The summed E-state index contributed by atoms with van der Waals surface area (Å²) < 4.78 is 5.05. The fourth-order valence-electron chi connectivity index (χ4n) is 1.94. The summed E-state index contributed by atoms with van der Waals surface area (Å²) >= 11 is 5.96. The largest absolute Gasteiger partial charge is 0.385 e. The molecule has 1 atom stereocenters. The summed E-state index contributed by atoms with van der Waals surface area (Å²) in [6, 6.07) is 6.34. The molecule has 1 aliphatic rings. The van der Waals surface area contributed by atoms with Crippen molar-refractivity contribution in [3.05, 3.63) is 23.2 Å². The van der Waals surface area contributed by atoms with Crippen LogP contribution in [0.3, 0.4) is 0 Å². The van der Waals surface area contributed by atoms with E-state index in [1.54, 1.807) is 7.11 Å². The zero-order valence-electron chi connectivity index (χ0n) is 9.42. The first-order valence-electron chi connectivity index (χ1n) is 5.58. The first-order valence-corrected chi connectivity index (χ1v) is 5.96. The standard InChI is InChI=1S/C12H17ClN2O/c1-16-6-2-3-10-8-14-11-5-4-9(13)7-12(11)15-10/h4-5,7,10,14-15H,2-3,6,8H2,1H3. The van der Waals surface area contributed by atoms with Gasteiger partial charge >= 0.3 is 0 Å². The summed E-state index contributed by atoms with van der Waals surface area (Å²) in [6.45, 7) is 1.78. The molecule has 0 aromatic heterocycles. The summed E-state index contributed by atoms with van der Waals surface area (Å²) in [7, 11) is 1.74. The maximum absolute atomic E-state index is 5.96. The first-order chi connectivity index (χ1) is 7.79. The van der Waals surface area contributed by atoms with Crippen LogP contribution in [0.1, 0.15) is 12.8 Å². The highest BCUT2D eigenvalue weighted by Crippen LogP contribution is 2.29. The number of fused-ring (bicyclic) bond motifs is 1. The van der Waals surface area contributed by atoms with Crippen LogP contribution in [0, 0.1) is 0 Å². The first kappa shape index (κ1) is 11.6. The van der Waals surface area contributed by atoms with E-state index in [0.717, 1.165) is 42.4 Å². The highest BCUT2D eigenvalue weighted by Gasteiger charge is 2.16. The number of anilines is 2.